The van der Waals surface area contributed by atoms with Gasteiger partial charge < -0.3 is 4.52 Å². The summed E-state index contributed by atoms with van der Waals surface area (Å²) in [4.78, 5) is 4.29. The molecule has 13 heavy (non-hydrogen) atoms. The molecule has 1 aromatic heterocycles. The predicted molar refractivity (Wildman–Crippen MR) is 49.8 cm³/mol. The van der Waals surface area contributed by atoms with Crippen molar-refractivity contribution in [3.8, 4) is 0 Å². The Morgan fingerprint density at radius 1 is 1.46 bits per heavy atom. The molecule has 1 aliphatic carbocycles. The van der Waals surface area contributed by atoms with Crippen molar-refractivity contribution in [1.29, 1.82) is 0 Å². The fraction of sp³-hybridized carbons (Fsp3) is 0.778. The Hall–Kier alpha value is -0.570. The van der Waals surface area contributed by atoms with E-state index in [2.05, 4.69) is 10.1 Å². The van der Waals surface area contributed by atoms with E-state index in [1.165, 1.54) is 12.8 Å². The predicted octanol–water partition coefficient (Wildman–Crippen LogP) is 2.19. The number of aromatic nitrogens is 2. The number of halogens is 1. The summed E-state index contributed by atoms with van der Waals surface area (Å²) in [7, 11) is 0. The molecule has 0 amide bonds. The zero-order valence-electron chi connectivity index (χ0n) is 7.50. The van der Waals surface area contributed by atoms with Crippen LogP contribution >= 0.6 is 11.6 Å². The van der Waals surface area contributed by atoms with Crippen molar-refractivity contribution >= 4 is 11.6 Å². The summed E-state index contributed by atoms with van der Waals surface area (Å²) >= 11 is 5.56. The summed E-state index contributed by atoms with van der Waals surface area (Å²) in [6, 6.07) is 0. The van der Waals surface area contributed by atoms with Gasteiger partial charge in [0.1, 0.15) is 0 Å². The Bertz CT molecular complexity index is 270. The van der Waals surface area contributed by atoms with Crippen LogP contribution in [-0.4, -0.2) is 16.0 Å². The average Bonchev–Trinajstić information content (AvgIpc) is 2.81. The maximum absolute atomic E-state index is 5.56. The van der Waals surface area contributed by atoms with Gasteiger partial charge in [-0.05, 0) is 25.2 Å². The lowest BCUT2D eigenvalue weighted by Crippen LogP contribution is -1.91. The first-order valence-electron chi connectivity index (χ1n) is 4.76. The van der Waals surface area contributed by atoms with Gasteiger partial charge in [0.15, 0.2) is 5.82 Å². The van der Waals surface area contributed by atoms with Crippen LogP contribution in [0.4, 0.5) is 0 Å². The van der Waals surface area contributed by atoms with E-state index in [9.17, 15) is 0 Å². The molecule has 1 aliphatic rings. The fourth-order valence-corrected chi connectivity index (χ4v) is 1.41. The lowest BCUT2D eigenvalue weighted by atomic mass is 10.3. The number of hydrogen-bond donors (Lipinski definition) is 0. The van der Waals surface area contributed by atoms with E-state index >= 15 is 0 Å². The molecule has 0 saturated heterocycles. The minimum absolute atomic E-state index is 0.653. The molecular weight excluding hydrogens is 188 g/mol. The number of aryl methyl sites for hydroxylation is 1. The summed E-state index contributed by atoms with van der Waals surface area (Å²) in [6.45, 7) is 0. The lowest BCUT2D eigenvalue weighted by Gasteiger charge is -1.87. The maximum Gasteiger partial charge on any atom is 0.226 e. The van der Waals surface area contributed by atoms with Gasteiger partial charge >= 0.3 is 0 Å². The second-order valence-electron chi connectivity index (χ2n) is 3.54. The summed E-state index contributed by atoms with van der Waals surface area (Å²) in [5, 5.41) is 3.92. The normalized spacial score (nSPS) is 16.4. The molecule has 1 saturated carbocycles. The van der Waals surface area contributed by atoms with Crippen LogP contribution in [0.2, 0.25) is 0 Å². The van der Waals surface area contributed by atoms with Gasteiger partial charge in [0.25, 0.3) is 0 Å². The van der Waals surface area contributed by atoms with Crippen LogP contribution in [0.1, 0.15) is 31.0 Å². The highest BCUT2D eigenvalue weighted by Crippen LogP contribution is 2.31. The molecule has 0 spiro atoms. The van der Waals surface area contributed by atoms with E-state index < -0.39 is 0 Å². The van der Waals surface area contributed by atoms with Gasteiger partial charge in [0, 0.05) is 18.7 Å². The molecule has 3 nitrogen and oxygen atoms in total. The smallest absolute Gasteiger partial charge is 0.226 e. The van der Waals surface area contributed by atoms with Crippen molar-refractivity contribution in [3.05, 3.63) is 11.7 Å². The molecule has 0 aromatic carbocycles. The van der Waals surface area contributed by atoms with E-state index in [0.717, 1.165) is 36.9 Å². The van der Waals surface area contributed by atoms with Gasteiger partial charge in [0.05, 0.1) is 0 Å². The van der Waals surface area contributed by atoms with E-state index in [-0.39, 0.29) is 0 Å². The van der Waals surface area contributed by atoms with Crippen LogP contribution in [0.25, 0.3) is 0 Å². The highest BCUT2D eigenvalue weighted by Gasteiger charge is 2.23. The van der Waals surface area contributed by atoms with Gasteiger partial charge in [0.2, 0.25) is 5.89 Å². The molecule has 0 atom stereocenters. The van der Waals surface area contributed by atoms with Crippen LogP contribution < -0.4 is 0 Å². The van der Waals surface area contributed by atoms with Crippen molar-refractivity contribution in [3.63, 3.8) is 0 Å². The van der Waals surface area contributed by atoms with Crippen molar-refractivity contribution < 1.29 is 4.52 Å². The minimum atomic E-state index is 0.653. The van der Waals surface area contributed by atoms with Gasteiger partial charge in [-0.1, -0.05) is 5.16 Å². The molecule has 4 heteroatoms. The Morgan fingerprint density at radius 2 is 2.31 bits per heavy atom. The second kappa shape index (κ2) is 4.09. The zero-order valence-corrected chi connectivity index (χ0v) is 8.26. The van der Waals surface area contributed by atoms with Gasteiger partial charge in [-0.25, -0.2) is 0 Å². The van der Waals surface area contributed by atoms with E-state index in [1.807, 2.05) is 0 Å². The fourth-order valence-electron chi connectivity index (χ4n) is 1.27. The molecule has 0 aliphatic heterocycles. The Morgan fingerprint density at radius 3 is 3.00 bits per heavy atom. The van der Waals surface area contributed by atoms with Crippen LogP contribution in [-0.2, 0) is 12.8 Å². The van der Waals surface area contributed by atoms with Crippen molar-refractivity contribution in [1.82, 2.24) is 10.1 Å². The Kier molecular flexibility index (Phi) is 2.83. The summed E-state index contributed by atoms with van der Waals surface area (Å²) in [5.74, 6) is 3.07. The molecule has 1 aromatic rings. The molecule has 1 fully saturated rings. The van der Waals surface area contributed by atoms with E-state index in [0.29, 0.717) is 5.88 Å². The molecule has 0 N–H and O–H groups in total. The van der Waals surface area contributed by atoms with Crippen molar-refractivity contribution in [2.75, 3.05) is 5.88 Å². The maximum atomic E-state index is 5.56. The third-order valence-corrected chi connectivity index (χ3v) is 2.47. The monoisotopic (exact) mass is 200 g/mol. The summed E-state index contributed by atoms with van der Waals surface area (Å²) in [6.07, 6.45) is 5.36. The number of nitrogens with zero attached hydrogens (tertiary/aromatic N) is 2. The van der Waals surface area contributed by atoms with Crippen LogP contribution in [0, 0.1) is 5.92 Å². The molecule has 2 rings (SSSR count). The van der Waals surface area contributed by atoms with Crippen LogP contribution in [0.3, 0.4) is 0 Å². The highest BCUT2D eigenvalue weighted by molar-refractivity contribution is 6.17. The number of hydrogen-bond acceptors (Lipinski definition) is 3. The second-order valence-corrected chi connectivity index (χ2v) is 3.92. The zero-order chi connectivity index (χ0) is 9.10. The molecular formula is C9H13ClN2O. The third kappa shape index (κ3) is 2.69. The molecule has 0 unspecified atom stereocenters. The minimum Gasteiger partial charge on any atom is -0.339 e. The largest absolute Gasteiger partial charge is 0.339 e. The topological polar surface area (TPSA) is 38.9 Å². The highest BCUT2D eigenvalue weighted by atomic mass is 35.5. The molecule has 0 bridgehead atoms. The van der Waals surface area contributed by atoms with E-state index in [4.69, 9.17) is 16.1 Å². The average molecular weight is 201 g/mol. The third-order valence-electron chi connectivity index (χ3n) is 2.20. The first-order chi connectivity index (χ1) is 6.38. The SMILES string of the molecule is ClCCCc1nc(CC2CC2)no1. The Balaban J connectivity index is 1.84. The standard InChI is InChI=1S/C9H13ClN2O/c10-5-1-2-9-11-8(12-13-9)6-7-3-4-7/h7H,1-6H2. The van der Waals surface area contributed by atoms with Gasteiger partial charge in [-0.2, -0.15) is 4.98 Å². The number of alkyl halides is 1. The first kappa shape index (κ1) is 9.00. The lowest BCUT2D eigenvalue weighted by molar-refractivity contribution is 0.371. The first-order valence-corrected chi connectivity index (χ1v) is 5.29. The quantitative estimate of drug-likeness (QED) is 0.684. The van der Waals surface area contributed by atoms with Gasteiger partial charge in [-0.15, -0.1) is 11.6 Å². The van der Waals surface area contributed by atoms with Crippen molar-refractivity contribution in [2.45, 2.75) is 32.1 Å². The van der Waals surface area contributed by atoms with Crippen molar-refractivity contribution in [2.24, 2.45) is 5.92 Å². The molecule has 0 radical (unpaired) electrons. The van der Waals surface area contributed by atoms with Crippen LogP contribution in [0.5, 0.6) is 0 Å². The van der Waals surface area contributed by atoms with Gasteiger partial charge in [-0.3, -0.25) is 0 Å². The Labute approximate surface area is 82.5 Å². The molecule has 1 heterocycles. The summed E-state index contributed by atoms with van der Waals surface area (Å²) in [5.41, 5.74) is 0. The van der Waals surface area contributed by atoms with E-state index in [1.54, 1.807) is 0 Å². The summed E-state index contributed by atoms with van der Waals surface area (Å²) < 4.78 is 5.08. The number of rotatable bonds is 5. The van der Waals surface area contributed by atoms with Crippen LogP contribution in [0.15, 0.2) is 4.52 Å². The molecule has 72 valence electrons.